The van der Waals surface area contributed by atoms with Crippen molar-refractivity contribution >= 4 is 29.3 Å². The molecule has 0 aliphatic heterocycles. The van der Waals surface area contributed by atoms with Gasteiger partial charge in [-0.3, -0.25) is 9.36 Å². The minimum absolute atomic E-state index is 0.00324. The molecule has 1 aromatic heterocycles. The summed E-state index contributed by atoms with van der Waals surface area (Å²) in [5, 5.41) is 9.90. The van der Waals surface area contributed by atoms with Crippen molar-refractivity contribution in [3.63, 3.8) is 0 Å². The zero-order valence-corrected chi connectivity index (χ0v) is 19.4. The number of halogens is 1. The van der Waals surface area contributed by atoms with Crippen molar-refractivity contribution in [2.45, 2.75) is 17.0 Å². The van der Waals surface area contributed by atoms with Crippen LogP contribution in [0.4, 0.5) is 0 Å². The van der Waals surface area contributed by atoms with E-state index >= 15 is 0 Å². The van der Waals surface area contributed by atoms with Gasteiger partial charge in [-0.25, -0.2) is 0 Å². The molecule has 0 fully saturated rings. The van der Waals surface area contributed by atoms with Gasteiger partial charge in [0.25, 0.3) is 0 Å². The summed E-state index contributed by atoms with van der Waals surface area (Å²) in [5.41, 5.74) is 2.97. The standard InChI is InChI=1S/C25H23ClN4OS/c1-29(2)24(31)22(19-11-7-4-8-12-19)32-25-28-27-23(20-13-15-21(26)16-14-20)30(25)17-18-9-5-3-6-10-18/h3-16,22H,17H2,1-2H3/t22-/m0/s1. The van der Waals surface area contributed by atoms with E-state index in [0.717, 1.165) is 22.5 Å². The Bertz CT molecular complexity index is 1180. The van der Waals surface area contributed by atoms with Gasteiger partial charge in [-0.1, -0.05) is 84.0 Å². The number of aromatic nitrogens is 3. The van der Waals surface area contributed by atoms with Crippen molar-refractivity contribution in [1.29, 1.82) is 0 Å². The molecule has 0 spiro atoms. The van der Waals surface area contributed by atoms with Gasteiger partial charge in [-0.2, -0.15) is 0 Å². The van der Waals surface area contributed by atoms with Crippen LogP contribution in [0.3, 0.4) is 0 Å². The van der Waals surface area contributed by atoms with Gasteiger partial charge in [0.1, 0.15) is 5.25 Å². The molecule has 0 saturated heterocycles. The zero-order valence-electron chi connectivity index (χ0n) is 17.9. The van der Waals surface area contributed by atoms with Crippen LogP contribution >= 0.6 is 23.4 Å². The summed E-state index contributed by atoms with van der Waals surface area (Å²) < 4.78 is 2.06. The van der Waals surface area contributed by atoms with Gasteiger partial charge in [-0.05, 0) is 35.4 Å². The lowest BCUT2D eigenvalue weighted by molar-refractivity contribution is -0.128. The van der Waals surface area contributed by atoms with E-state index < -0.39 is 5.25 Å². The van der Waals surface area contributed by atoms with E-state index in [1.807, 2.05) is 72.8 Å². The molecule has 0 unspecified atom stereocenters. The normalized spacial score (nSPS) is 11.8. The van der Waals surface area contributed by atoms with E-state index in [4.69, 9.17) is 11.6 Å². The highest BCUT2D eigenvalue weighted by atomic mass is 35.5. The smallest absolute Gasteiger partial charge is 0.240 e. The van der Waals surface area contributed by atoms with Crippen LogP contribution in [0.5, 0.6) is 0 Å². The quantitative estimate of drug-likeness (QED) is 0.337. The summed E-state index contributed by atoms with van der Waals surface area (Å²) in [7, 11) is 3.54. The molecule has 0 saturated carbocycles. The predicted molar refractivity (Wildman–Crippen MR) is 130 cm³/mol. The first kappa shape index (κ1) is 22.1. The summed E-state index contributed by atoms with van der Waals surface area (Å²) in [6, 6.07) is 27.5. The molecule has 162 valence electrons. The molecule has 1 amide bonds. The third kappa shape index (κ3) is 5.03. The van der Waals surface area contributed by atoms with Crippen LogP contribution in [-0.4, -0.2) is 39.7 Å². The second kappa shape index (κ2) is 10.0. The fourth-order valence-corrected chi connectivity index (χ4v) is 4.63. The number of carbonyl (C=O) groups excluding carboxylic acids is 1. The van der Waals surface area contributed by atoms with Gasteiger partial charge in [-0.15, -0.1) is 10.2 Å². The molecule has 4 rings (SSSR count). The predicted octanol–water partition coefficient (Wildman–Crippen LogP) is 5.57. The Balaban J connectivity index is 1.76. The van der Waals surface area contributed by atoms with E-state index in [9.17, 15) is 4.79 Å². The lowest BCUT2D eigenvalue weighted by Crippen LogP contribution is -2.27. The van der Waals surface area contributed by atoms with E-state index in [1.54, 1.807) is 19.0 Å². The first-order chi connectivity index (χ1) is 15.5. The molecule has 32 heavy (non-hydrogen) atoms. The van der Waals surface area contributed by atoms with Crippen LogP contribution in [0, 0.1) is 0 Å². The molecule has 0 radical (unpaired) electrons. The Morgan fingerprint density at radius 1 is 0.938 bits per heavy atom. The van der Waals surface area contributed by atoms with Crippen molar-refractivity contribution in [3.8, 4) is 11.4 Å². The van der Waals surface area contributed by atoms with Crippen molar-refractivity contribution in [2.24, 2.45) is 0 Å². The number of rotatable bonds is 7. The first-order valence-electron chi connectivity index (χ1n) is 10.2. The minimum Gasteiger partial charge on any atom is -0.348 e. The summed E-state index contributed by atoms with van der Waals surface area (Å²) in [4.78, 5) is 14.7. The molecule has 3 aromatic carbocycles. The SMILES string of the molecule is CN(C)C(=O)[C@@H](Sc1nnc(-c2ccc(Cl)cc2)n1Cc1ccccc1)c1ccccc1. The van der Waals surface area contributed by atoms with Crippen LogP contribution in [-0.2, 0) is 11.3 Å². The zero-order chi connectivity index (χ0) is 22.5. The lowest BCUT2D eigenvalue weighted by atomic mass is 10.1. The number of likely N-dealkylation sites (N-methyl/N-ethyl adjacent to an activating group) is 1. The van der Waals surface area contributed by atoms with Crippen molar-refractivity contribution in [2.75, 3.05) is 14.1 Å². The minimum atomic E-state index is -0.428. The number of nitrogens with zero attached hydrogens (tertiary/aromatic N) is 4. The maximum atomic E-state index is 13.1. The highest BCUT2D eigenvalue weighted by molar-refractivity contribution is 8.00. The number of benzene rings is 3. The third-order valence-corrected chi connectivity index (χ3v) is 6.47. The summed E-state index contributed by atoms with van der Waals surface area (Å²) in [5.74, 6) is 0.737. The van der Waals surface area contributed by atoms with Crippen molar-refractivity contribution in [1.82, 2.24) is 19.7 Å². The van der Waals surface area contributed by atoms with E-state index in [2.05, 4.69) is 26.9 Å². The third-order valence-electron chi connectivity index (χ3n) is 4.99. The fraction of sp³-hybridized carbons (Fsp3) is 0.160. The van der Waals surface area contributed by atoms with E-state index in [1.165, 1.54) is 11.8 Å². The van der Waals surface area contributed by atoms with Gasteiger partial charge in [0.05, 0.1) is 6.54 Å². The lowest BCUT2D eigenvalue weighted by Gasteiger charge is -2.20. The molecule has 5 nitrogen and oxygen atoms in total. The molecule has 0 aliphatic rings. The number of amides is 1. The summed E-state index contributed by atoms with van der Waals surface area (Å²) >= 11 is 7.50. The number of hydrogen-bond donors (Lipinski definition) is 0. The van der Waals surface area contributed by atoms with Gasteiger partial charge >= 0.3 is 0 Å². The average Bonchev–Trinajstić information content (AvgIpc) is 3.20. The monoisotopic (exact) mass is 462 g/mol. The summed E-state index contributed by atoms with van der Waals surface area (Å²) in [6.45, 7) is 0.589. The molecule has 4 aromatic rings. The maximum absolute atomic E-state index is 13.1. The number of carbonyl (C=O) groups is 1. The molecular formula is C25H23ClN4OS. The Hall–Kier alpha value is -3.09. The van der Waals surface area contributed by atoms with E-state index in [0.29, 0.717) is 16.7 Å². The Morgan fingerprint density at radius 3 is 2.19 bits per heavy atom. The topological polar surface area (TPSA) is 51.0 Å². The van der Waals surface area contributed by atoms with Crippen LogP contribution < -0.4 is 0 Å². The van der Waals surface area contributed by atoms with Crippen LogP contribution in [0.1, 0.15) is 16.4 Å². The summed E-state index contributed by atoms with van der Waals surface area (Å²) in [6.07, 6.45) is 0. The number of thioether (sulfide) groups is 1. The van der Waals surface area contributed by atoms with Crippen LogP contribution in [0.2, 0.25) is 5.02 Å². The maximum Gasteiger partial charge on any atom is 0.240 e. The van der Waals surface area contributed by atoms with Crippen LogP contribution in [0.25, 0.3) is 11.4 Å². The molecule has 7 heteroatoms. The second-order valence-electron chi connectivity index (χ2n) is 7.53. The van der Waals surface area contributed by atoms with Gasteiger partial charge in [0, 0.05) is 24.7 Å². The average molecular weight is 463 g/mol. The molecule has 1 atom stereocenters. The van der Waals surface area contributed by atoms with Gasteiger partial charge < -0.3 is 4.90 Å². The highest BCUT2D eigenvalue weighted by Gasteiger charge is 2.27. The Labute approximate surface area is 197 Å². The van der Waals surface area contributed by atoms with Crippen molar-refractivity contribution < 1.29 is 4.79 Å². The molecule has 1 heterocycles. The van der Waals surface area contributed by atoms with Gasteiger partial charge in [0.15, 0.2) is 11.0 Å². The fourth-order valence-electron chi connectivity index (χ4n) is 3.33. The Morgan fingerprint density at radius 2 is 1.56 bits per heavy atom. The van der Waals surface area contributed by atoms with Crippen LogP contribution in [0.15, 0.2) is 90.1 Å². The Kier molecular flexibility index (Phi) is 6.93. The van der Waals surface area contributed by atoms with E-state index in [-0.39, 0.29) is 5.91 Å². The first-order valence-corrected chi connectivity index (χ1v) is 11.4. The largest absolute Gasteiger partial charge is 0.348 e. The number of hydrogen-bond acceptors (Lipinski definition) is 4. The molecular weight excluding hydrogens is 440 g/mol. The van der Waals surface area contributed by atoms with Gasteiger partial charge in [0.2, 0.25) is 5.91 Å². The molecule has 0 aliphatic carbocycles. The second-order valence-corrected chi connectivity index (χ2v) is 9.03. The molecule has 0 N–H and O–H groups in total. The van der Waals surface area contributed by atoms with Crippen molar-refractivity contribution in [3.05, 3.63) is 101 Å². The highest BCUT2D eigenvalue weighted by Crippen LogP contribution is 2.37. The molecule has 0 bridgehead atoms.